The Labute approximate surface area is 144 Å². The van der Waals surface area contributed by atoms with Gasteiger partial charge in [-0.2, -0.15) is 4.98 Å². The van der Waals surface area contributed by atoms with E-state index in [2.05, 4.69) is 44.8 Å². The number of benzene rings is 1. The molecule has 1 aromatic carbocycles. The zero-order valence-electron chi connectivity index (χ0n) is 13.3. The van der Waals surface area contributed by atoms with Gasteiger partial charge in [-0.05, 0) is 36.8 Å². The summed E-state index contributed by atoms with van der Waals surface area (Å²) in [5, 5.41) is 19.0. The predicted molar refractivity (Wildman–Crippen MR) is 92.0 cm³/mol. The SMILES string of the molecule is O=C(Nc1nc(SCCO)n[nH]1)[C@@H]1C[C@]12CCCc1ccccc12. The van der Waals surface area contributed by atoms with Gasteiger partial charge in [-0.15, -0.1) is 5.10 Å². The van der Waals surface area contributed by atoms with Gasteiger partial charge in [0.1, 0.15) is 0 Å². The Morgan fingerprint density at radius 3 is 3.21 bits per heavy atom. The number of nitrogens with zero attached hydrogens (tertiary/aromatic N) is 2. The first kappa shape index (κ1) is 15.7. The monoisotopic (exact) mass is 344 g/mol. The topological polar surface area (TPSA) is 90.9 Å². The van der Waals surface area contributed by atoms with Gasteiger partial charge in [0, 0.05) is 17.1 Å². The van der Waals surface area contributed by atoms with E-state index in [1.165, 1.54) is 22.9 Å². The second-order valence-electron chi connectivity index (χ2n) is 6.45. The zero-order chi connectivity index (χ0) is 16.6. The molecule has 0 radical (unpaired) electrons. The fourth-order valence-electron chi connectivity index (χ4n) is 3.88. The summed E-state index contributed by atoms with van der Waals surface area (Å²) in [6, 6.07) is 8.51. The lowest BCUT2D eigenvalue weighted by Crippen LogP contribution is -2.25. The molecule has 2 aliphatic rings. The summed E-state index contributed by atoms with van der Waals surface area (Å²) in [7, 11) is 0. The summed E-state index contributed by atoms with van der Waals surface area (Å²) < 4.78 is 0. The van der Waals surface area contributed by atoms with E-state index in [9.17, 15) is 4.79 Å². The Morgan fingerprint density at radius 1 is 1.46 bits per heavy atom. The molecule has 3 N–H and O–H groups in total. The molecule has 0 saturated heterocycles. The second kappa shape index (κ2) is 6.22. The molecule has 0 bridgehead atoms. The smallest absolute Gasteiger partial charge is 0.230 e. The fraction of sp³-hybridized carbons (Fsp3) is 0.471. The molecule has 2 atom stereocenters. The number of thioether (sulfide) groups is 1. The van der Waals surface area contributed by atoms with Crippen molar-refractivity contribution in [3.63, 3.8) is 0 Å². The van der Waals surface area contributed by atoms with Crippen LogP contribution in [0.2, 0.25) is 0 Å². The maximum Gasteiger partial charge on any atom is 0.230 e. The molecule has 1 aromatic heterocycles. The van der Waals surface area contributed by atoms with Crippen molar-refractivity contribution in [2.75, 3.05) is 17.7 Å². The maximum atomic E-state index is 12.6. The lowest BCUT2D eigenvalue weighted by atomic mass is 9.78. The Morgan fingerprint density at radius 2 is 2.33 bits per heavy atom. The standard InChI is InChI=1S/C17H20N4O2S/c22-8-9-24-16-19-15(20-21-16)18-14(23)13-10-17(13)7-3-5-11-4-1-2-6-12(11)17/h1-2,4,6,13,22H,3,5,7-10H2,(H2,18,19,20,21,23)/t13-,17-/m0/s1. The summed E-state index contributed by atoms with van der Waals surface area (Å²) in [6.45, 7) is 0.0743. The third-order valence-electron chi connectivity index (χ3n) is 5.04. The minimum atomic E-state index is 0.0117. The van der Waals surface area contributed by atoms with E-state index in [0.29, 0.717) is 16.9 Å². The van der Waals surface area contributed by atoms with Crippen molar-refractivity contribution >= 4 is 23.6 Å². The van der Waals surface area contributed by atoms with Crippen LogP contribution in [-0.4, -0.2) is 38.6 Å². The van der Waals surface area contributed by atoms with E-state index >= 15 is 0 Å². The number of rotatable bonds is 5. The Balaban J connectivity index is 1.45. The quantitative estimate of drug-likeness (QED) is 0.723. The number of aliphatic hydroxyl groups excluding tert-OH is 1. The highest BCUT2D eigenvalue weighted by molar-refractivity contribution is 7.99. The van der Waals surface area contributed by atoms with Crippen molar-refractivity contribution < 1.29 is 9.90 Å². The van der Waals surface area contributed by atoms with Crippen LogP contribution in [-0.2, 0) is 16.6 Å². The third-order valence-corrected chi connectivity index (χ3v) is 5.87. The molecule has 1 saturated carbocycles. The van der Waals surface area contributed by atoms with Crippen LogP contribution in [0.25, 0.3) is 0 Å². The molecule has 126 valence electrons. The van der Waals surface area contributed by atoms with Gasteiger partial charge < -0.3 is 5.11 Å². The number of hydrogen-bond donors (Lipinski definition) is 3. The second-order valence-corrected chi connectivity index (χ2v) is 7.51. The lowest BCUT2D eigenvalue weighted by molar-refractivity contribution is -0.117. The number of aryl methyl sites for hydroxylation is 1. The van der Waals surface area contributed by atoms with Crippen molar-refractivity contribution in [1.82, 2.24) is 15.2 Å². The van der Waals surface area contributed by atoms with Crippen LogP contribution < -0.4 is 5.32 Å². The van der Waals surface area contributed by atoms with E-state index in [-0.39, 0.29) is 23.8 Å². The molecule has 0 aliphatic heterocycles. The number of amides is 1. The lowest BCUT2D eigenvalue weighted by Gasteiger charge is -2.26. The molecule has 1 fully saturated rings. The van der Waals surface area contributed by atoms with Crippen molar-refractivity contribution in [1.29, 1.82) is 0 Å². The highest BCUT2D eigenvalue weighted by Gasteiger charge is 2.60. The molecule has 2 aliphatic carbocycles. The predicted octanol–water partition coefficient (Wildman–Crippen LogP) is 2.12. The van der Waals surface area contributed by atoms with E-state index in [4.69, 9.17) is 5.11 Å². The van der Waals surface area contributed by atoms with Gasteiger partial charge in [-0.1, -0.05) is 36.0 Å². The van der Waals surface area contributed by atoms with E-state index in [0.717, 1.165) is 25.7 Å². The summed E-state index contributed by atoms with van der Waals surface area (Å²) >= 11 is 1.35. The van der Waals surface area contributed by atoms with E-state index in [1.54, 1.807) is 0 Å². The number of H-pyrrole nitrogens is 1. The van der Waals surface area contributed by atoms with Gasteiger partial charge in [0.25, 0.3) is 0 Å². The Kier molecular flexibility index (Phi) is 4.05. The van der Waals surface area contributed by atoms with Gasteiger partial charge >= 0.3 is 0 Å². The molecule has 1 spiro atoms. The molecule has 24 heavy (non-hydrogen) atoms. The number of aromatic nitrogens is 3. The van der Waals surface area contributed by atoms with Gasteiger partial charge in [0.05, 0.1) is 6.61 Å². The van der Waals surface area contributed by atoms with E-state index < -0.39 is 0 Å². The number of aliphatic hydroxyl groups is 1. The molecule has 6 nitrogen and oxygen atoms in total. The largest absolute Gasteiger partial charge is 0.396 e. The van der Waals surface area contributed by atoms with Crippen LogP contribution in [0.5, 0.6) is 0 Å². The molecular formula is C17H20N4O2S. The average molecular weight is 344 g/mol. The van der Waals surface area contributed by atoms with Crippen LogP contribution in [0.1, 0.15) is 30.4 Å². The molecule has 2 aromatic rings. The van der Waals surface area contributed by atoms with Gasteiger partial charge in [-0.25, -0.2) is 5.10 Å². The van der Waals surface area contributed by atoms with Crippen molar-refractivity contribution in [3.05, 3.63) is 35.4 Å². The average Bonchev–Trinajstić information content (AvgIpc) is 3.14. The van der Waals surface area contributed by atoms with Crippen LogP contribution in [0, 0.1) is 5.92 Å². The molecule has 4 rings (SSSR count). The third kappa shape index (κ3) is 2.71. The van der Waals surface area contributed by atoms with Gasteiger partial charge in [0.15, 0.2) is 0 Å². The minimum absolute atomic E-state index is 0.0117. The summed E-state index contributed by atoms with van der Waals surface area (Å²) in [5.41, 5.74) is 2.77. The highest BCUT2D eigenvalue weighted by atomic mass is 32.2. The number of fused-ring (bicyclic) bond motifs is 2. The highest BCUT2D eigenvalue weighted by Crippen LogP contribution is 2.60. The number of aromatic amines is 1. The first-order valence-corrected chi connectivity index (χ1v) is 9.27. The van der Waals surface area contributed by atoms with Crippen molar-refractivity contribution in [2.45, 2.75) is 36.3 Å². The first-order chi connectivity index (χ1) is 11.7. The van der Waals surface area contributed by atoms with Gasteiger partial charge in [0.2, 0.25) is 17.0 Å². The van der Waals surface area contributed by atoms with Crippen molar-refractivity contribution in [2.24, 2.45) is 5.92 Å². The molecule has 7 heteroatoms. The Bertz CT molecular complexity index is 763. The summed E-state index contributed by atoms with van der Waals surface area (Å²) in [5.74, 6) is 0.944. The number of carbonyl (C=O) groups excluding carboxylic acids is 1. The molecule has 1 amide bonds. The van der Waals surface area contributed by atoms with Crippen molar-refractivity contribution in [3.8, 4) is 0 Å². The first-order valence-electron chi connectivity index (χ1n) is 8.28. The number of hydrogen-bond acceptors (Lipinski definition) is 5. The maximum absolute atomic E-state index is 12.6. The fourth-order valence-corrected chi connectivity index (χ4v) is 4.42. The number of nitrogens with one attached hydrogen (secondary N) is 2. The minimum Gasteiger partial charge on any atom is -0.396 e. The number of carbonyl (C=O) groups is 1. The summed E-state index contributed by atoms with van der Waals surface area (Å²) in [6.07, 6.45) is 4.25. The molecule has 1 heterocycles. The zero-order valence-corrected chi connectivity index (χ0v) is 14.1. The van der Waals surface area contributed by atoms with E-state index in [1.807, 2.05) is 0 Å². The van der Waals surface area contributed by atoms with Crippen LogP contribution in [0.4, 0.5) is 5.95 Å². The van der Waals surface area contributed by atoms with Gasteiger partial charge in [-0.3, -0.25) is 10.1 Å². The van der Waals surface area contributed by atoms with Crippen LogP contribution in [0.3, 0.4) is 0 Å². The molecule has 0 unspecified atom stereocenters. The van der Waals surface area contributed by atoms with Crippen LogP contribution >= 0.6 is 11.8 Å². The molecular weight excluding hydrogens is 324 g/mol. The Hall–Kier alpha value is -1.86. The number of anilines is 1. The summed E-state index contributed by atoms with van der Waals surface area (Å²) in [4.78, 5) is 16.9. The normalized spacial score (nSPS) is 24.6. The van der Waals surface area contributed by atoms with Crippen LogP contribution in [0.15, 0.2) is 29.4 Å².